The Hall–Kier alpha value is -2.36. The van der Waals surface area contributed by atoms with E-state index >= 15 is 0 Å². The average molecular weight is 325 g/mol. The van der Waals surface area contributed by atoms with Crippen molar-refractivity contribution < 1.29 is 4.79 Å². The first-order valence-corrected chi connectivity index (χ1v) is 8.52. The van der Waals surface area contributed by atoms with Gasteiger partial charge in [0.05, 0.1) is 11.9 Å². The largest absolute Gasteiger partial charge is 0.354 e. The number of carbonyl (C=O) groups excluding carboxylic acids is 1. The lowest BCUT2D eigenvalue weighted by atomic mass is 9.87. The van der Waals surface area contributed by atoms with E-state index in [0.29, 0.717) is 12.2 Å². The highest BCUT2D eigenvalue weighted by Gasteiger charge is 2.12. The summed E-state index contributed by atoms with van der Waals surface area (Å²) in [4.78, 5) is 16.2. The third-order valence-corrected chi connectivity index (χ3v) is 3.85. The lowest BCUT2D eigenvalue weighted by molar-refractivity contribution is 0.0948. The van der Waals surface area contributed by atoms with Crippen molar-refractivity contribution in [2.75, 3.05) is 11.9 Å². The first-order chi connectivity index (χ1) is 11.4. The molecule has 0 saturated carbocycles. The zero-order chi connectivity index (χ0) is 17.6. The van der Waals surface area contributed by atoms with Gasteiger partial charge in [-0.15, -0.1) is 0 Å². The number of nitrogens with zero attached hydrogens (tertiary/aromatic N) is 1. The van der Waals surface area contributed by atoms with E-state index in [1.165, 1.54) is 5.56 Å². The predicted octanol–water partition coefficient (Wildman–Crippen LogP) is 4.65. The molecule has 0 bridgehead atoms. The molecule has 0 aliphatic heterocycles. The van der Waals surface area contributed by atoms with Gasteiger partial charge in [0, 0.05) is 12.2 Å². The molecule has 128 valence electrons. The summed E-state index contributed by atoms with van der Waals surface area (Å²) >= 11 is 0. The summed E-state index contributed by atoms with van der Waals surface area (Å²) in [6.45, 7) is 9.38. The molecule has 24 heavy (non-hydrogen) atoms. The summed E-state index contributed by atoms with van der Waals surface area (Å²) in [7, 11) is 0. The van der Waals surface area contributed by atoms with Crippen LogP contribution in [0, 0.1) is 0 Å². The number of hydrogen-bond acceptors (Lipinski definition) is 3. The Bertz CT molecular complexity index is 655. The Morgan fingerprint density at radius 2 is 1.71 bits per heavy atom. The minimum absolute atomic E-state index is 0.121. The molecule has 0 radical (unpaired) electrons. The Balaban J connectivity index is 1.97. The number of benzene rings is 1. The number of anilines is 2. The number of hydrogen-bond donors (Lipinski definition) is 2. The molecule has 4 heteroatoms. The van der Waals surface area contributed by atoms with Gasteiger partial charge in [-0.1, -0.05) is 46.2 Å². The molecule has 0 aliphatic rings. The zero-order valence-corrected chi connectivity index (χ0v) is 15.0. The van der Waals surface area contributed by atoms with Gasteiger partial charge in [0.25, 0.3) is 5.91 Å². The number of rotatable bonds is 6. The van der Waals surface area contributed by atoms with Gasteiger partial charge in [-0.2, -0.15) is 0 Å². The van der Waals surface area contributed by atoms with Crippen LogP contribution in [-0.4, -0.2) is 17.4 Å². The molecular weight excluding hydrogens is 298 g/mol. The minimum atomic E-state index is -0.121. The monoisotopic (exact) mass is 325 g/mol. The van der Waals surface area contributed by atoms with Crippen LogP contribution in [0.25, 0.3) is 0 Å². The molecule has 0 aliphatic carbocycles. The molecule has 2 N–H and O–H groups in total. The van der Waals surface area contributed by atoms with Gasteiger partial charge in [0.1, 0.15) is 5.69 Å². The van der Waals surface area contributed by atoms with Crippen LogP contribution in [0.2, 0.25) is 0 Å². The van der Waals surface area contributed by atoms with Gasteiger partial charge in [-0.3, -0.25) is 4.79 Å². The van der Waals surface area contributed by atoms with Crippen molar-refractivity contribution in [3.8, 4) is 0 Å². The molecule has 0 unspecified atom stereocenters. The molecular formula is C20H27N3O. The third kappa shape index (κ3) is 5.08. The van der Waals surface area contributed by atoms with Crippen molar-refractivity contribution in [1.29, 1.82) is 0 Å². The van der Waals surface area contributed by atoms with Crippen molar-refractivity contribution in [2.24, 2.45) is 0 Å². The molecule has 1 aromatic carbocycles. The summed E-state index contributed by atoms with van der Waals surface area (Å²) in [5, 5.41) is 6.17. The second kappa shape index (κ2) is 7.95. The maximum Gasteiger partial charge on any atom is 0.269 e. The van der Waals surface area contributed by atoms with Crippen LogP contribution >= 0.6 is 0 Å². The summed E-state index contributed by atoms with van der Waals surface area (Å²) in [5.74, 6) is -0.121. The van der Waals surface area contributed by atoms with E-state index in [1.807, 2.05) is 6.07 Å². The number of aromatic nitrogens is 1. The molecule has 1 heterocycles. The van der Waals surface area contributed by atoms with Crippen LogP contribution in [0.15, 0.2) is 42.6 Å². The van der Waals surface area contributed by atoms with Crippen LogP contribution in [-0.2, 0) is 5.41 Å². The van der Waals surface area contributed by atoms with Gasteiger partial charge < -0.3 is 10.6 Å². The molecule has 1 amide bonds. The van der Waals surface area contributed by atoms with Gasteiger partial charge in [0.15, 0.2) is 0 Å². The van der Waals surface area contributed by atoms with Gasteiger partial charge in [0.2, 0.25) is 0 Å². The Kier molecular flexibility index (Phi) is 5.96. The van der Waals surface area contributed by atoms with Gasteiger partial charge in [-0.05, 0) is 41.7 Å². The molecule has 2 aromatic rings. The van der Waals surface area contributed by atoms with Crippen molar-refractivity contribution in [2.45, 2.75) is 46.0 Å². The SMILES string of the molecule is CCCCNC(=O)c1ccc(Nc2ccc(C(C)(C)C)cc2)cn1. The lowest BCUT2D eigenvalue weighted by Gasteiger charge is -2.19. The Morgan fingerprint density at radius 1 is 1.04 bits per heavy atom. The maximum absolute atomic E-state index is 11.9. The van der Waals surface area contributed by atoms with E-state index in [1.54, 1.807) is 12.3 Å². The van der Waals surface area contributed by atoms with Crippen molar-refractivity contribution in [3.63, 3.8) is 0 Å². The van der Waals surface area contributed by atoms with E-state index in [0.717, 1.165) is 24.2 Å². The maximum atomic E-state index is 11.9. The zero-order valence-electron chi connectivity index (χ0n) is 15.0. The predicted molar refractivity (Wildman–Crippen MR) is 99.9 cm³/mol. The number of unbranched alkanes of at least 4 members (excludes halogenated alkanes) is 1. The Morgan fingerprint density at radius 3 is 2.25 bits per heavy atom. The number of nitrogens with one attached hydrogen (secondary N) is 2. The van der Waals surface area contributed by atoms with E-state index < -0.39 is 0 Å². The molecule has 4 nitrogen and oxygen atoms in total. The summed E-state index contributed by atoms with van der Waals surface area (Å²) in [6.07, 6.45) is 3.73. The van der Waals surface area contributed by atoms with Crippen LogP contribution < -0.4 is 10.6 Å². The second-order valence-corrected chi connectivity index (χ2v) is 6.99. The van der Waals surface area contributed by atoms with Crippen LogP contribution in [0.1, 0.15) is 56.6 Å². The van der Waals surface area contributed by atoms with Gasteiger partial charge >= 0.3 is 0 Å². The normalized spacial score (nSPS) is 11.2. The summed E-state index contributed by atoms with van der Waals surface area (Å²) in [6, 6.07) is 12.0. The van der Waals surface area contributed by atoms with Gasteiger partial charge in [-0.25, -0.2) is 4.98 Å². The quantitative estimate of drug-likeness (QED) is 0.760. The molecule has 0 atom stereocenters. The molecule has 1 aromatic heterocycles. The van der Waals surface area contributed by atoms with Crippen LogP contribution in [0.5, 0.6) is 0 Å². The second-order valence-electron chi connectivity index (χ2n) is 6.99. The number of pyridine rings is 1. The van der Waals surface area contributed by atoms with Crippen LogP contribution in [0.4, 0.5) is 11.4 Å². The lowest BCUT2D eigenvalue weighted by Crippen LogP contribution is -2.25. The van der Waals surface area contributed by atoms with Crippen molar-refractivity contribution >= 4 is 17.3 Å². The van der Waals surface area contributed by atoms with E-state index in [-0.39, 0.29) is 11.3 Å². The fourth-order valence-corrected chi connectivity index (χ4v) is 2.29. The molecule has 0 saturated heterocycles. The van der Waals surface area contributed by atoms with Crippen LogP contribution in [0.3, 0.4) is 0 Å². The number of amides is 1. The molecule has 0 spiro atoms. The summed E-state index contributed by atoms with van der Waals surface area (Å²) < 4.78 is 0. The highest BCUT2D eigenvalue weighted by atomic mass is 16.1. The van der Waals surface area contributed by atoms with Crippen molar-refractivity contribution in [3.05, 3.63) is 53.9 Å². The third-order valence-electron chi connectivity index (χ3n) is 3.85. The van der Waals surface area contributed by atoms with Crippen molar-refractivity contribution in [1.82, 2.24) is 10.3 Å². The molecule has 0 fully saturated rings. The van der Waals surface area contributed by atoms with E-state index in [2.05, 4.69) is 67.6 Å². The first-order valence-electron chi connectivity index (χ1n) is 8.52. The van der Waals surface area contributed by atoms with E-state index in [9.17, 15) is 4.79 Å². The summed E-state index contributed by atoms with van der Waals surface area (Å²) in [5.41, 5.74) is 3.76. The minimum Gasteiger partial charge on any atom is -0.354 e. The smallest absolute Gasteiger partial charge is 0.269 e. The first kappa shape index (κ1) is 18.0. The number of carbonyl (C=O) groups is 1. The average Bonchev–Trinajstić information content (AvgIpc) is 2.55. The Labute approximate surface area is 144 Å². The highest BCUT2D eigenvalue weighted by molar-refractivity contribution is 5.92. The highest BCUT2D eigenvalue weighted by Crippen LogP contribution is 2.24. The molecule has 2 rings (SSSR count). The van der Waals surface area contributed by atoms with E-state index in [4.69, 9.17) is 0 Å². The topological polar surface area (TPSA) is 54.0 Å². The fraction of sp³-hybridized carbons (Fsp3) is 0.400. The fourth-order valence-electron chi connectivity index (χ4n) is 2.29. The standard InChI is InChI=1S/C20H27N3O/c1-5-6-13-21-19(24)18-12-11-17(14-22-18)23-16-9-7-15(8-10-16)20(2,3)4/h7-12,14,23H,5-6,13H2,1-4H3,(H,21,24).